The summed E-state index contributed by atoms with van der Waals surface area (Å²) in [7, 11) is 2.03. The van der Waals surface area contributed by atoms with Crippen LogP contribution in [0.3, 0.4) is 0 Å². The second-order valence-electron chi connectivity index (χ2n) is 3.86. The lowest BCUT2D eigenvalue weighted by Gasteiger charge is -2.19. The highest BCUT2D eigenvalue weighted by Gasteiger charge is 2.08. The molecule has 1 heterocycles. The van der Waals surface area contributed by atoms with Crippen molar-refractivity contribution >= 4 is 50.2 Å². The van der Waals surface area contributed by atoms with Gasteiger partial charge in [0, 0.05) is 28.2 Å². The predicted octanol–water partition coefficient (Wildman–Crippen LogP) is 3.18. The number of thiazole rings is 1. The molecule has 0 saturated heterocycles. The van der Waals surface area contributed by atoms with Crippen LogP contribution in [0.15, 0.2) is 33.6 Å². The summed E-state index contributed by atoms with van der Waals surface area (Å²) in [6.45, 7) is 0.780. The van der Waals surface area contributed by atoms with E-state index < -0.39 is 0 Å². The van der Waals surface area contributed by atoms with Crippen molar-refractivity contribution in [2.24, 2.45) is 5.73 Å². The van der Waals surface area contributed by atoms with E-state index in [0.29, 0.717) is 4.99 Å². The first-order chi connectivity index (χ1) is 8.58. The number of hydrogen-bond acceptors (Lipinski definition) is 4. The Balaban J connectivity index is 2.18. The van der Waals surface area contributed by atoms with Gasteiger partial charge in [0.25, 0.3) is 0 Å². The maximum atomic E-state index is 5.63. The van der Waals surface area contributed by atoms with Crippen molar-refractivity contribution in [2.75, 3.05) is 11.9 Å². The van der Waals surface area contributed by atoms with Gasteiger partial charge in [0.05, 0.1) is 17.7 Å². The number of nitrogens with zero attached hydrogens (tertiary/aromatic N) is 2. The van der Waals surface area contributed by atoms with Crippen LogP contribution in [0.2, 0.25) is 0 Å². The standard InChI is InChI=1S/C12H12BrN3S2/c1-16(5-8-6-18-7-15-8)9-2-3-10(12(14)17)11(13)4-9/h2-4,6-7H,5H2,1H3,(H2,14,17). The van der Waals surface area contributed by atoms with E-state index in [4.69, 9.17) is 18.0 Å². The molecular weight excluding hydrogens is 330 g/mol. The van der Waals surface area contributed by atoms with Gasteiger partial charge in [-0.2, -0.15) is 0 Å². The largest absolute Gasteiger partial charge is 0.389 e. The quantitative estimate of drug-likeness (QED) is 0.867. The molecule has 0 spiro atoms. The van der Waals surface area contributed by atoms with Crippen molar-refractivity contribution in [1.29, 1.82) is 0 Å². The molecule has 3 nitrogen and oxygen atoms in total. The fraction of sp³-hybridized carbons (Fsp3) is 0.167. The fourth-order valence-electron chi connectivity index (χ4n) is 1.59. The molecule has 1 aromatic heterocycles. The van der Waals surface area contributed by atoms with Crippen LogP contribution in [-0.4, -0.2) is 17.0 Å². The Morgan fingerprint density at radius 2 is 2.33 bits per heavy atom. The Labute approximate surface area is 124 Å². The van der Waals surface area contributed by atoms with Crippen LogP contribution in [0, 0.1) is 0 Å². The van der Waals surface area contributed by atoms with Gasteiger partial charge in [0.1, 0.15) is 4.99 Å². The van der Waals surface area contributed by atoms with Crippen LogP contribution < -0.4 is 10.6 Å². The first-order valence-corrected chi connectivity index (χ1v) is 7.40. The first-order valence-electron chi connectivity index (χ1n) is 5.25. The third-order valence-electron chi connectivity index (χ3n) is 2.54. The minimum Gasteiger partial charge on any atom is -0.389 e. The Morgan fingerprint density at radius 1 is 1.56 bits per heavy atom. The zero-order valence-corrected chi connectivity index (χ0v) is 13.0. The Bertz CT molecular complexity index is 554. The van der Waals surface area contributed by atoms with Crippen molar-refractivity contribution in [2.45, 2.75) is 6.54 Å². The van der Waals surface area contributed by atoms with E-state index >= 15 is 0 Å². The summed E-state index contributed by atoms with van der Waals surface area (Å²) in [5.41, 5.74) is 10.5. The van der Waals surface area contributed by atoms with Crippen LogP contribution in [0.1, 0.15) is 11.3 Å². The number of anilines is 1. The highest BCUT2D eigenvalue weighted by molar-refractivity contribution is 9.10. The lowest BCUT2D eigenvalue weighted by molar-refractivity contribution is 0.894. The summed E-state index contributed by atoms with van der Waals surface area (Å²) in [6, 6.07) is 5.95. The van der Waals surface area contributed by atoms with Gasteiger partial charge in [-0.1, -0.05) is 12.2 Å². The summed E-state index contributed by atoms with van der Waals surface area (Å²) in [4.78, 5) is 6.80. The highest BCUT2D eigenvalue weighted by Crippen LogP contribution is 2.24. The van der Waals surface area contributed by atoms with Crippen LogP contribution in [0.4, 0.5) is 5.69 Å². The molecule has 0 aliphatic carbocycles. The van der Waals surface area contributed by atoms with Gasteiger partial charge in [-0.25, -0.2) is 4.98 Å². The van der Waals surface area contributed by atoms with Crippen LogP contribution in [-0.2, 0) is 6.54 Å². The third kappa shape index (κ3) is 3.07. The average molecular weight is 342 g/mol. The number of aromatic nitrogens is 1. The number of thiocarbonyl (C=S) groups is 1. The van der Waals surface area contributed by atoms with Crippen LogP contribution in [0.25, 0.3) is 0 Å². The molecule has 2 N–H and O–H groups in total. The summed E-state index contributed by atoms with van der Waals surface area (Å²) in [5, 5.41) is 2.05. The van der Waals surface area contributed by atoms with Crippen molar-refractivity contribution in [3.05, 3.63) is 44.8 Å². The van der Waals surface area contributed by atoms with Crippen molar-refractivity contribution in [3.63, 3.8) is 0 Å². The molecule has 0 unspecified atom stereocenters. The second-order valence-corrected chi connectivity index (χ2v) is 5.88. The second kappa shape index (κ2) is 5.77. The monoisotopic (exact) mass is 341 g/mol. The van der Waals surface area contributed by atoms with Crippen molar-refractivity contribution in [1.82, 2.24) is 4.98 Å². The molecule has 0 atom stereocenters. The normalized spacial score (nSPS) is 10.3. The molecule has 2 rings (SSSR count). The maximum absolute atomic E-state index is 5.63. The summed E-state index contributed by atoms with van der Waals surface area (Å²) in [5.74, 6) is 0. The van der Waals surface area contributed by atoms with E-state index in [-0.39, 0.29) is 0 Å². The summed E-state index contributed by atoms with van der Waals surface area (Å²) >= 11 is 10.1. The van der Waals surface area contributed by atoms with Gasteiger partial charge in [-0.15, -0.1) is 11.3 Å². The molecule has 0 saturated carbocycles. The molecule has 6 heteroatoms. The van der Waals surface area contributed by atoms with E-state index in [1.54, 1.807) is 11.3 Å². The number of halogens is 1. The van der Waals surface area contributed by atoms with Crippen LogP contribution >= 0.6 is 39.5 Å². The van der Waals surface area contributed by atoms with Crippen molar-refractivity contribution in [3.8, 4) is 0 Å². The lowest BCUT2D eigenvalue weighted by Crippen LogP contribution is -2.17. The van der Waals surface area contributed by atoms with Gasteiger partial charge in [0.15, 0.2) is 0 Å². The van der Waals surface area contributed by atoms with Crippen molar-refractivity contribution < 1.29 is 0 Å². The third-order valence-corrected chi connectivity index (χ3v) is 4.05. The molecule has 1 aromatic carbocycles. The van der Waals surface area contributed by atoms with E-state index in [2.05, 4.69) is 31.2 Å². The Morgan fingerprint density at radius 3 is 2.89 bits per heavy atom. The minimum atomic E-state index is 0.399. The maximum Gasteiger partial charge on any atom is 0.105 e. The molecule has 0 amide bonds. The van der Waals surface area contributed by atoms with Gasteiger partial charge in [-0.3, -0.25) is 0 Å². The number of rotatable bonds is 4. The summed E-state index contributed by atoms with van der Waals surface area (Å²) in [6.07, 6.45) is 0. The smallest absolute Gasteiger partial charge is 0.105 e. The molecule has 18 heavy (non-hydrogen) atoms. The predicted molar refractivity (Wildman–Crippen MR) is 84.3 cm³/mol. The van der Waals surface area contributed by atoms with E-state index in [0.717, 1.165) is 28.0 Å². The molecule has 0 bridgehead atoms. The molecule has 2 aromatic rings. The molecule has 0 aliphatic heterocycles. The van der Waals surface area contributed by atoms with Gasteiger partial charge in [-0.05, 0) is 34.1 Å². The SMILES string of the molecule is CN(Cc1cscn1)c1ccc(C(N)=S)c(Br)c1. The van der Waals surface area contributed by atoms with E-state index in [1.165, 1.54) is 0 Å². The Kier molecular flexibility index (Phi) is 4.31. The minimum absolute atomic E-state index is 0.399. The topological polar surface area (TPSA) is 42.2 Å². The zero-order valence-electron chi connectivity index (χ0n) is 9.76. The molecule has 94 valence electrons. The van der Waals surface area contributed by atoms with Gasteiger partial charge >= 0.3 is 0 Å². The molecule has 0 radical (unpaired) electrons. The molecular formula is C12H12BrN3S2. The van der Waals surface area contributed by atoms with Gasteiger partial charge in [0.2, 0.25) is 0 Å². The van der Waals surface area contributed by atoms with E-state index in [1.807, 2.05) is 30.8 Å². The molecule has 0 fully saturated rings. The lowest BCUT2D eigenvalue weighted by atomic mass is 10.2. The van der Waals surface area contributed by atoms with E-state index in [9.17, 15) is 0 Å². The van der Waals surface area contributed by atoms with Crippen LogP contribution in [0.5, 0.6) is 0 Å². The first kappa shape index (κ1) is 13.5. The number of nitrogens with two attached hydrogens (primary N) is 1. The highest BCUT2D eigenvalue weighted by atomic mass is 79.9. The summed E-state index contributed by atoms with van der Waals surface area (Å²) < 4.78 is 0.914. The molecule has 0 aliphatic rings. The Hall–Kier alpha value is -0.980. The average Bonchev–Trinajstić information content (AvgIpc) is 2.81. The number of benzene rings is 1. The fourth-order valence-corrected chi connectivity index (χ4v) is 3.03. The van der Waals surface area contributed by atoms with Gasteiger partial charge < -0.3 is 10.6 Å². The zero-order chi connectivity index (χ0) is 13.1. The number of hydrogen-bond donors (Lipinski definition) is 1.